The normalized spacial score (nSPS) is 11.8. The van der Waals surface area contributed by atoms with Gasteiger partial charge in [0.2, 0.25) is 5.91 Å². The van der Waals surface area contributed by atoms with Crippen LogP contribution in [0.15, 0.2) is 48.5 Å². The second-order valence-electron chi connectivity index (χ2n) is 7.20. The summed E-state index contributed by atoms with van der Waals surface area (Å²) in [7, 11) is 3.75. The monoisotopic (exact) mass is 416 g/mol. The van der Waals surface area contributed by atoms with Gasteiger partial charge in [0.15, 0.2) is 0 Å². The first-order chi connectivity index (χ1) is 14.2. The first-order valence-corrected chi connectivity index (χ1v) is 9.40. The number of hydrogen-bond acceptors (Lipinski definition) is 5. The number of non-ortho nitro benzene ring substituents is 1. The van der Waals surface area contributed by atoms with E-state index in [0.717, 1.165) is 6.07 Å². The van der Waals surface area contributed by atoms with Crippen molar-refractivity contribution in [3.63, 3.8) is 0 Å². The van der Waals surface area contributed by atoms with Gasteiger partial charge in [-0.2, -0.15) is 0 Å². The molecular weight excluding hydrogens is 391 g/mol. The van der Waals surface area contributed by atoms with Crippen LogP contribution in [0.25, 0.3) is 0 Å². The lowest BCUT2D eigenvalue weighted by molar-refractivity contribution is -0.384. The quantitative estimate of drug-likeness (QED) is 0.500. The molecule has 1 N–H and O–H groups in total. The van der Waals surface area contributed by atoms with Gasteiger partial charge in [-0.3, -0.25) is 19.7 Å². The molecule has 160 valence electrons. The molecule has 0 bridgehead atoms. The van der Waals surface area contributed by atoms with Crippen molar-refractivity contribution >= 4 is 17.5 Å². The van der Waals surface area contributed by atoms with E-state index in [-0.39, 0.29) is 29.5 Å². The van der Waals surface area contributed by atoms with Gasteiger partial charge in [0.05, 0.1) is 4.92 Å². The highest BCUT2D eigenvalue weighted by Gasteiger charge is 2.23. The van der Waals surface area contributed by atoms with Crippen molar-refractivity contribution in [3.05, 3.63) is 75.6 Å². The molecule has 30 heavy (non-hydrogen) atoms. The predicted molar refractivity (Wildman–Crippen MR) is 110 cm³/mol. The molecule has 2 amide bonds. The molecule has 0 saturated heterocycles. The van der Waals surface area contributed by atoms with E-state index in [1.54, 1.807) is 24.0 Å². The van der Waals surface area contributed by atoms with Crippen molar-refractivity contribution in [2.24, 2.45) is 0 Å². The number of halogens is 1. The van der Waals surface area contributed by atoms with Crippen LogP contribution < -0.4 is 5.32 Å². The summed E-state index contributed by atoms with van der Waals surface area (Å²) in [5, 5.41) is 13.5. The number of carbonyl (C=O) groups is 2. The minimum atomic E-state index is -0.868. The number of amides is 2. The highest BCUT2D eigenvalue weighted by Crippen LogP contribution is 2.14. The number of hydrogen-bond donors (Lipinski definition) is 1. The molecular formula is C21H25FN4O4. The lowest BCUT2D eigenvalue weighted by Gasteiger charge is -2.27. The number of nitrogens with zero attached hydrogens (tertiary/aromatic N) is 3. The fraction of sp³-hybridized carbons (Fsp3) is 0.333. The Hall–Kier alpha value is -3.33. The molecule has 1 unspecified atom stereocenters. The van der Waals surface area contributed by atoms with Gasteiger partial charge < -0.3 is 15.1 Å². The third-order valence-electron chi connectivity index (χ3n) is 4.43. The topological polar surface area (TPSA) is 95.8 Å². The van der Waals surface area contributed by atoms with Gasteiger partial charge in [0, 0.05) is 37.3 Å². The van der Waals surface area contributed by atoms with Crippen molar-refractivity contribution in [1.29, 1.82) is 0 Å². The van der Waals surface area contributed by atoms with Gasteiger partial charge in [-0.1, -0.05) is 18.2 Å². The van der Waals surface area contributed by atoms with Crippen LogP contribution in [0.3, 0.4) is 0 Å². The Kier molecular flexibility index (Phi) is 7.99. The smallest absolute Gasteiger partial charge is 0.270 e. The molecule has 0 aliphatic rings. The SMILES string of the molecule is CC(NC(=O)c1cccc([N+](=O)[O-])c1)C(=O)N(CCN(C)C)Cc1cccc(F)c1. The summed E-state index contributed by atoms with van der Waals surface area (Å²) in [5.41, 5.74) is 0.522. The van der Waals surface area contributed by atoms with Crippen LogP contribution in [0, 0.1) is 15.9 Å². The van der Waals surface area contributed by atoms with E-state index in [1.165, 1.54) is 30.3 Å². The summed E-state index contributed by atoms with van der Waals surface area (Å²) < 4.78 is 13.5. The summed E-state index contributed by atoms with van der Waals surface area (Å²) in [5.74, 6) is -1.31. The van der Waals surface area contributed by atoms with Crippen LogP contribution in [0.4, 0.5) is 10.1 Å². The molecule has 0 fully saturated rings. The zero-order valence-corrected chi connectivity index (χ0v) is 17.2. The summed E-state index contributed by atoms with van der Waals surface area (Å²) in [6, 6.07) is 10.4. The van der Waals surface area contributed by atoms with Crippen LogP contribution in [-0.4, -0.2) is 59.8 Å². The van der Waals surface area contributed by atoms with Crippen LogP contribution >= 0.6 is 0 Å². The zero-order chi connectivity index (χ0) is 22.3. The largest absolute Gasteiger partial charge is 0.341 e. The molecule has 0 aromatic heterocycles. The molecule has 2 rings (SSSR count). The van der Waals surface area contributed by atoms with Crippen molar-refractivity contribution < 1.29 is 18.9 Å². The van der Waals surface area contributed by atoms with Crippen molar-refractivity contribution in [2.45, 2.75) is 19.5 Å². The standard InChI is InChI=1S/C21H25FN4O4/c1-15(23-20(27)17-7-5-9-19(13-17)26(29)30)21(28)25(11-10-24(2)3)14-16-6-4-8-18(22)12-16/h4-9,12-13,15H,10-11,14H2,1-3H3,(H,23,27). The Morgan fingerprint density at radius 2 is 1.83 bits per heavy atom. The zero-order valence-electron chi connectivity index (χ0n) is 17.2. The average molecular weight is 416 g/mol. The average Bonchev–Trinajstić information content (AvgIpc) is 2.70. The molecule has 2 aromatic carbocycles. The second-order valence-corrected chi connectivity index (χ2v) is 7.20. The second kappa shape index (κ2) is 10.4. The molecule has 9 heteroatoms. The lowest BCUT2D eigenvalue weighted by Crippen LogP contribution is -2.48. The lowest BCUT2D eigenvalue weighted by atomic mass is 10.1. The molecule has 8 nitrogen and oxygen atoms in total. The molecule has 0 spiro atoms. The minimum Gasteiger partial charge on any atom is -0.341 e. The summed E-state index contributed by atoms with van der Waals surface area (Å²) >= 11 is 0. The van der Waals surface area contributed by atoms with Crippen molar-refractivity contribution in [2.75, 3.05) is 27.2 Å². The molecule has 2 aromatic rings. The molecule has 0 aliphatic heterocycles. The van der Waals surface area contributed by atoms with Crippen LogP contribution in [0.5, 0.6) is 0 Å². The highest BCUT2D eigenvalue weighted by molar-refractivity contribution is 5.97. The van der Waals surface area contributed by atoms with Crippen LogP contribution in [-0.2, 0) is 11.3 Å². The number of benzene rings is 2. The highest BCUT2D eigenvalue weighted by atomic mass is 19.1. The maximum atomic E-state index is 13.5. The summed E-state index contributed by atoms with van der Waals surface area (Å²) in [6.45, 7) is 2.72. The molecule has 0 saturated carbocycles. The number of nitro benzene ring substituents is 1. The van der Waals surface area contributed by atoms with E-state index in [2.05, 4.69) is 5.32 Å². The number of carbonyl (C=O) groups excluding carboxylic acids is 2. The van der Waals surface area contributed by atoms with Gasteiger partial charge in [0.25, 0.3) is 11.6 Å². The molecule has 0 aliphatic carbocycles. The van der Waals surface area contributed by atoms with Crippen molar-refractivity contribution in [3.8, 4) is 0 Å². The van der Waals surface area contributed by atoms with Crippen LogP contribution in [0.1, 0.15) is 22.8 Å². The number of rotatable bonds is 9. The predicted octanol–water partition coefficient (Wildman–Crippen LogP) is 2.44. The van der Waals surface area contributed by atoms with Crippen molar-refractivity contribution in [1.82, 2.24) is 15.1 Å². The Bertz CT molecular complexity index is 919. The maximum Gasteiger partial charge on any atom is 0.270 e. The Morgan fingerprint density at radius 1 is 1.13 bits per heavy atom. The van der Waals surface area contributed by atoms with E-state index >= 15 is 0 Å². The van der Waals surface area contributed by atoms with Gasteiger partial charge in [-0.05, 0) is 44.8 Å². The van der Waals surface area contributed by atoms with Gasteiger partial charge in [-0.25, -0.2) is 4.39 Å². The third-order valence-corrected chi connectivity index (χ3v) is 4.43. The fourth-order valence-corrected chi connectivity index (χ4v) is 2.82. The van der Waals surface area contributed by atoms with E-state index in [4.69, 9.17) is 0 Å². The molecule has 1 atom stereocenters. The molecule has 0 heterocycles. The first-order valence-electron chi connectivity index (χ1n) is 9.40. The van der Waals surface area contributed by atoms with Crippen LogP contribution in [0.2, 0.25) is 0 Å². The Balaban J connectivity index is 2.12. The number of nitrogens with one attached hydrogen (secondary N) is 1. The summed E-state index contributed by atoms with van der Waals surface area (Å²) in [4.78, 5) is 39.2. The number of likely N-dealkylation sites (N-methyl/N-ethyl adjacent to an activating group) is 1. The van der Waals surface area contributed by atoms with Gasteiger partial charge in [0.1, 0.15) is 11.9 Å². The summed E-state index contributed by atoms with van der Waals surface area (Å²) in [6.07, 6.45) is 0. The first kappa shape index (κ1) is 23.0. The Labute approximate surface area is 174 Å². The van der Waals surface area contributed by atoms with E-state index in [0.29, 0.717) is 18.7 Å². The fourth-order valence-electron chi connectivity index (χ4n) is 2.82. The maximum absolute atomic E-state index is 13.5. The van der Waals surface area contributed by atoms with Gasteiger partial charge in [-0.15, -0.1) is 0 Å². The minimum absolute atomic E-state index is 0.0915. The third kappa shape index (κ3) is 6.63. The molecule has 0 radical (unpaired) electrons. The Morgan fingerprint density at radius 3 is 2.47 bits per heavy atom. The van der Waals surface area contributed by atoms with Gasteiger partial charge >= 0.3 is 0 Å². The number of nitro groups is 1. The van der Waals surface area contributed by atoms with E-state index in [1.807, 2.05) is 19.0 Å². The van der Waals surface area contributed by atoms with E-state index < -0.39 is 16.9 Å². The van der Waals surface area contributed by atoms with E-state index in [9.17, 15) is 24.1 Å².